The van der Waals surface area contributed by atoms with Crippen LogP contribution >= 0.6 is 23.4 Å². The van der Waals surface area contributed by atoms with Crippen molar-refractivity contribution in [1.29, 1.82) is 0 Å². The number of hydrogen-bond acceptors (Lipinski definition) is 6. The topological polar surface area (TPSA) is 94.4 Å². The molecule has 1 aromatic carbocycles. The van der Waals surface area contributed by atoms with E-state index in [2.05, 4.69) is 10.3 Å². The van der Waals surface area contributed by atoms with E-state index in [4.69, 9.17) is 16.3 Å². The Balaban J connectivity index is 1.77. The first-order valence-electron chi connectivity index (χ1n) is 7.48. The molecule has 1 amide bonds. The van der Waals surface area contributed by atoms with Crippen molar-refractivity contribution in [3.63, 3.8) is 0 Å². The fourth-order valence-corrected chi connectivity index (χ4v) is 3.62. The highest BCUT2D eigenvalue weighted by molar-refractivity contribution is 7.99. The number of nitrogens with one attached hydrogen (secondary N) is 1. The number of nitrogens with zero attached hydrogens (tertiary/aromatic N) is 2. The van der Waals surface area contributed by atoms with Gasteiger partial charge in [-0.2, -0.15) is 11.8 Å². The molecule has 1 aliphatic rings. The van der Waals surface area contributed by atoms with Gasteiger partial charge in [-0.3, -0.25) is 14.9 Å². The molecule has 0 spiro atoms. The van der Waals surface area contributed by atoms with Crippen LogP contribution in [0.25, 0.3) is 0 Å². The van der Waals surface area contributed by atoms with Gasteiger partial charge in [0.15, 0.2) is 0 Å². The van der Waals surface area contributed by atoms with Gasteiger partial charge in [-0.1, -0.05) is 11.6 Å². The lowest BCUT2D eigenvalue weighted by Crippen LogP contribution is -2.17. The molecule has 2 aromatic rings. The zero-order chi connectivity index (χ0) is 17.8. The van der Waals surface area contributed by atoms with E-state index in [0.717, 1.165) is 17.9 Å². The quantitative estimate of drug-likeness (QED) is 0.627. The number of carbonyl (C=O) groups excluding carboxylic acids is 1. The molecule has 1 fully saturated rings. The number of rotatable bonds is 5. The number of nitro groups is 1. The summed E-state index contributed by atoms with van der Waals surface area (Å²) in [6.07, 6.45) is 2.50. The van der Waals surface area contributed by atoms with Crippen molar-refractivity contribution < 1.29 is 14.5 Å². The molecule has 1 aromatic heterocycles. The van der Waals surface area contributed by atoms with E-state index >= 15 is 0 Å². The maximum absolute atomic E-state index is 12.4. The van der Waals surface area contributed by atoms with Crippen molar-refractivity contribution in [3.05, 3.63) is 57.2 Å². The third-order valence-corrected chi connectivity index (χ3v) is 4.94. The van der Waals surface area contributed by atoms with Crippen molar-refractivity contribution in [2.75, 3.05) is 16.8 Å². The molecule has 130 valence electrons. The van der Waals surface area contributed by atoms with E-state index < -0.39 is 10.8 Å². The van der Waals surface area contributed by atoms with Crippen LogP contribution in [0.5, 0.6) is 5.88 Å². The van der Waals surface area contributed by atoms with E-state index in [1.807, 2.05) is 11.8 Å². The zero-order valence-electron chi connectivity index (χ0n) is 13.0. The van der Waals surface area contributed by atoms with Gasteiger partial charge in [-0.15, -0.1) is 0 Å². The van der Waals surface area contributed by atoms with Crippen LogP contribution in [0.3, 0.4) is 0 Å². The standard InChI is InChI=1S/C16H14ClN3O4S/c17-11-1-2-14(20(22)23)13(8-11)19-16(21)10-3-5-18-15(7-10)24-12-4-6-25-9-12/h1-3,5,7-8,12H,4,6,9H2,(H,19,21). The highest BCUT2D eigenvalue weighted by Gasteiger charge is 2.20. The van der Waals surface area contributed by atoms with Crippen LogP contribution < -0.4 is 10.1 Å². The summed E-state index contributed by atoms with van der Waals surface area (Å²) in [6, 6.07) is 7.02. The van der Waals surface area contributed by atoms with Gasteiger partial charge in [0, 0.05) is 34.7 Å². The van der Waals surface area contributed by atoms with Crippen molar-refractivity contribution in [3.8, 4) is 5.88 Å². The van der Waals surface area contributed by atoms with Gasteiger partial charge in [-0.05, 0) is 30.4 Å². The Morgan fingerprint density at radius 2 is 2.24 bits per heavy atom. The Kier molecular flexibility index (Phi) is 5.40. The maximum atomic E-state index is 12.4. The van der Waals surface area contributed by atoms with E-state index in [0.29, 0.717) is 16.5 Å². The number of hydrogen-bond donors (Lipinski definition) is 1. The minimum Gasteiger partial charge on any atom is -0.473 e. The SMILES string of the molecule is O=C(Nc1cc(Cl)ccc1[N+](=O)[O-])c1ccnc(OC2CCSC2)c1. The number of aromatic nitrogens is 1. The smallest absolute Gasteiger partial charge is 0.292 e. The van der Waals surface area contributed by atoms with Gasteiger partial charge in [-0.25, -0.2) is 4.98 Å². The number of benzene rings is 1. The lowest BCUT2D eigenvalue weighted by atomic mass is 10.2. The largest absolute Gasteiger partial charge is 0.473 e. The van der Waals surface area contributed by atoms with Crippen molar-refractivity contribution in [1.82, 2.24) is 4.98 Å². The van der Waals surface area contributed by atoms with Crippen molar-refractivity contribution in [2.24, 2.45) is 0 Å². The lowest BCUT2D eigenvalue weighted by molar-refractivity contribution is -0.383. The number of amides is 1. The number of nitro benzene ring substituents is 1. The Morgan fingerprint density at radius 3 is 2.96 bits per heavy atom. The summed E-state index contributed by atoms with van der Waals surface area (Å²) in [7, 11) is 0. The summed E-state index contributed by atoms with van der Waals surface area (Å²) in [4.78, 5) is 27.0. The molecule has 1 N–H and O–H groups in total. The number of ether oxygens (including phenoxy) is 1. The van der Waals surface area contributed by atoms with Gasteiger partial charge in [0.25, 0.3) is 11.6 Å². The summed E-state index contributed by atoms with van der Waals surface area (Å²) in [6.45, 7) is 0. The molecule has 1 unspecified atom stereocenters. The van der Waals surface area contributed by atoms with Crippen molar-refractivity contribution >= 4 is 40.6 Å². The summed E-state index contributed by atoms with van der Waals surface area (Å²) >= 11 is 7.68. The first kappa shape index (κ1) is 17.5. The molecular formula is C16H14ClN3O4S. The number of anilines is 1. The molecule has 0 aliphatic carbocycles. The van der Waals surface area contributed by atoms with Gasteiger partial charge < -0.3 is 10.1 Å². The summed E-state index contributed by atoms with van der Waals surface area (Å²) < 4.78 is 5.76. The fraction of sp³-hybridized carbons (Fsp3) is 0.250. The monoisotopic (exact) mass is 379 g/mol. The van der Waals surface area contributed by atoms with Crippen LogP contribution in [0.2, 0.25) is 5.02 Å². The van der Waals surface area contributed by atoms with E-state index in [-0.39, 0.29) is 17.5 Å². The third-order valence-electron chi connectivity index (χ3n) is 3.58. The average Bonchev–Trinajstić information content (AvgIpc) is 3.08. The average molecular weight is 380 g/mol. The Hall–Kier alpha value is -2.32. The van der Waals surface area contributed by atoms with Crippen LogP contribution in [0.4, 0.5) is 11.4 Å². The second-order valence-corrected chi connectivity index (χ2v) is 6.95. The molecule has 3 rings (SSSR count). The van der Waals surface area contributed by atoms with E-state index in [9.17, 15) is 14.9 Å². The number of halogens is 1. The van der Waals surface area contributed by atoms with E-state index in [1.54, 1.807) is 0 Å². The fourth-order valence-electron chi connectivity index (χ4n) is 2.35. The zero-order valence-corrected chi connectivity index (χ0v) is 14.5. The molecule has 1 atom stereocenters. The molecule has 0 saturated carbocycles. The normalized spacial score (nSPS) is 16.4. The second kappa shape index (κ2) is 7.71. The summed E-state index contributed by atoms with van der Waals surface area (Å²) in [5.41, 5.74) is 0.102. The van der Waals surface area contributed by atoms with Crippen LogP contribution in [0.1, 0.15) is 16.8 Å². The minimum atomic E-state index is -0.579. The van der Waals surface area contributed by atoms with E-state index in [1.165, 1.54) is 36.5 Å². The molecule has 7 nitrogen and oxygen atoms in total. The van der Waals surface area contributed by atoms with Gasteiger partial charge in [0.1, 0.15) is 11.8 Å². The first-order chi connectivity index (χ1) is 12.0. The summed E-state index contributed by atoms with van der Waals surface area (Å²) in [5.74, 6) is 1.80. The molecule has 1 saturated heterocycles. The third kappa shape index (κ3) is 4.40. The highest BCUT2D eigenvalue weighted by atomic mass is 35.5. The van der Waals surface area contributed by atoms with Gasteiger partial charge >= 0.3 is 0 Å². The molecule has 1 aliphatic heterocycles. The van der Waals surface area contributed by atoms with Crippen LogP contribution in [0, 0.1) is 10.1 Å². The van der Waals surface area contributed by atoms with Crippen LogP contribution in [-0.4, -0.2) is 33.4 Å². The van der Waals surface area contributed by atoms with Gasteiger partial charge in [0.05, 0.1) is 4.92 Å². The minimum absolute atomic E-state index is 0.0361. The van der Waals surface area contributed by atoms with Crippen molar-refractivity contribution in [2.45, 2.75) is 12.5 Å². The molecule has 0 radical (unpaired) electrons. The molecule has 25 heavy (non-hydrogen) atoms. The maximum Gasteiger partial charge on any atom is 0.292 e. The Bertz CT molecular complexity index is 812. The second-order valence-electron chi connectivity index (χ2n) is 5.36. The van der Waals surface area contributed by atoms with Crippen LogP contribution in [0.15, 0.2) is 36.5 Å². The van der Waals surface area contributed by atoms with Gasteiger partial charge in [0.2, 0.25) is 5.88 Å². The lowest BCUT2D eigenvalue weighted by Gasteiger charge is -2.12. The Morgan fingerprint density at radius 1 is 1.40 bits per heavy atom. The predicted molar refractivity (Wildman–Crippen MR) is 96.7 cm³/mol. The predicted octanol–water partition coefficient (Wildman–Crippen LogP) is 3.78. The summed E-state index contributed by atoms with van der Waals surface area (Å²) in [5, 5.41) is 13.9. The molecule has 9 heteroatoms. The first-order valence-corrected chi connectivity index (χ1v) is 9.02. The molecule has 2 heterocycles. The number of thioether (sulfide) groups is 1. The number of carbonyl (C=O) groups is 1. The number of pyridine rings is 1. The highest BCUT2D eigenvalue weighted by Crippen LogP contribution is 2.28. The van der Waals surface area contributed by atoms with Crippen LogP contribution in [-0.2, 0) is 0 Å². The molecule has 0 bridgehead atoms. The Labute approximate surface area is 152 Å². The molecular weight excluding hydrogens is 366 g/mol.